The Balaban J connectivity index is 1.66. The summed E-state index contributed by atoms with van der Waals surface area (Å²) in [7, 11) is 0. The third-order valence-electron chi connectivity index (χ3n) is 5.35. The maximum absolute atomic E-state index is 12.6. The van der Waals surface area contributed by atoms with E-state index in [1.165, 1.54) is 37.7 Å². The first-order chi connectivity index (χ1) is 11.7. The van der Waals surface area contributed by atoms with Gasteiger partial charge in [0.05, 0.1) is 12.6 Å². The van der Waals surface area contributed by atoms with Crippen LogP contribution in [0.2, 0.25) is 0 Å². The highest BCUT2D eigenvalue weighted by Crippen LogP contribution is 2.34. The molecule has 0 aromatic heterocycles. The summed E-state index contributed by atoms with van der Waals surface area (Å²) >= 11 is 0. The average Bonchev–Trinajstić information content (AvgIpc) is 2.63. The quantitative estimate of drug-likeness (QED) is 0.900. The van der Waals surface area contributed by atoms with E-state index in [2.05, 4.69) is 17.4 Å². The number of amides is 2. The standard InChI is InChI=1S/C20H28N2O2/c23-18(15-22-14-8-7-13-19(22)24)21-20(16-9-3-1-4-10-16)17-11-5-2-6-12-17/h1,3-4,9-10,17,20H,2,5-8,11-15H2,(H,21,23). The highest BCUT2D eigenvalue weighted by molar-refractivity contribution is 5.85. The fourth-order valence-corrected chi connectivity index (χ4v) is 4.02. The van der Waals surface area contributed by atoms with Crippen molar-refractivity contribution in [1.29, 1.82) is 0 Å². The fourth-order valence-electron chi connectivity index (χ4n) is 4.02. The van der Waals surface area contributed by atoms with Gasteiger partial charge in [-0.2, -0.15) is 0 Å². The second-order valence-corrected chi connectivity index (χ2v) is 7.13. The van der Waals surface area contributed by atoms with Gasteiger partial charge in [0.15, 0.2) is 0 Å². The van der Waals surface area contributed by atoms with Crippen LogP contribution in [0.25, 0.3) is 0 Å². The molecule has 2 aliphatic rings. The van der Waals surface area contributed by atoms with Gasteiger partial charge in [-0.15, -0.1) is 0 Å². The lowest BCUT2D eigenvalue weighted by Crippen LogP contribution is -2.45. The third kappa shape index (κ3) is 4.37. The van der Waals surface area contributed by atoms with Gasteiger partial charge >= 0.3 is 0 Å². The number of nitrogens with zero attached hydrogens (tertiary/aromatic N) is 1. The van der Waals surface area contributed by atoms with Crippen molar-refractivity contribution < 1.29 is 9.59 Å². The molecule has 1 aromatic carbocycles. The minimum Gasteiger partial charge on any atom is -0.347 e. The van der Waals surface area contributed by atoms with Gasteiger partial charge in [0.25, 0.3) is 0 Å². The molecule has 2 amide bonds. The number of hydrogen-bond acceptors (Lipinski definition) is 2. The van der Waals surface area contributed by atoms with E-state index in [1.807, 2.05) is 18.2 Å². The molecular weight excluding hydrogens is 300 g/mol. The van der Waals surface area contributed by atoms with Crippen LogP contribution in [0.4, 0.5) is 0 Å². The molecule has 0 spiro atoms. The molecule has 1 aromatic rings. The molecule has 1 aliphatic heterocycles. The van der Waals surface area contributed by atoms with Crippen molar-refractivity contribution >= 4 is 11.8 Å². The molecule has 130 valence electrons. The predicted octanol–water partition coefficient (Wildman–Crippen LogP) is 3.44. The van der Waals surface area contributed by atoms with Crippen LogP contribution in [0.3, 0.4) is 0 Å². The zero-order valence-electron chi connectivity index (χ0n) is 14.4. The number of carbonyl (C=O) groups excluding carboxylic acids is 2. The molecule has 3 rings (SSSR count). The number of piperidine rings is 1. The second-order valence-electron chi connectivity index (χ2n) is 7.13. The van der Waals surface area contributed by atoms with Crippen LogP contribution < -0.4 is 5.32 Å². The van der Waals surface area contributed by atoms with Gasteiger partial charge in [0.1, 0.15) is 0 Å². The summed E-state index contributed by atoms with van der Waals surface area (Å²) < 4.78 is 0. The van der Waals surface area contributed by atoms with Crippen molar-refractivity contribution in [3.8, 4) is 0 Å². The molecule has 0 radical (unpaired) electrons. The number of benzene rings is 1. The Morgan fingerprint density at radius 2 is 1.83 bits per heavy atom. The van der Waals surface area contributed by atoms with Crippen LogP contribution >= 0.6 is 0 Å². The van der Waals surface area contributed by atoms with Crippen LogP contribution in [-0.2, 0) is 9.59 Å². The summed E-state index contributed by atoms with van der Waals surface area (Å²) in [5, 5.41) is 3.24. The molecule has 4 nitrogen and oxygen atoms in total. The predicted molar refractivity (Wildman–Crippen MR) is 94.3 cm³/mol. The lowest BCUT2D eigenvalue weighted by molar-refractivity contribution is -0.138. The van der Waals surface area contributed by atoms with E-state index in [4.69, 9.17) is 0 Å². The highest BCUT2D eigenvalue weighted by atomic mass is 16.2. The Bertz CT molecular complexity index is 552. The van der Waals surface area contributed by atoms with Crippen LogP contribution in [-0.4, -0.2) is 29.8 Å². The van der Waals surface area contributed by atoms with Gasteiger partial charge in [0, 0.05) is 13.0 Å². The molecule has 0 bridgehead atoms. The van der Waals surface area contributed by atoms with Gasteiger partial charge < -0.3 is 10.2 Å². The zero-order valence-corrected chi connectivity index (χ0v) is 14.4. The number of rotatable bonds is 5. The third-order valence-corrected chi connectivity index (χ3v) is 5.35. The largest absolute Gasteiger partial charge is 0.347 e. The van der Waals surface area contributed by atoms with Crippen molar-refractivity contribution in [2.75, 3.05) is 13.1 Å². The van der Waals surface area contributed by atoms with Gasteiger partial charge in [-0.25, -0.2) is 0 Å². The molecule has 1 unspecified atom stereocenters. The average molecular weight is 328 g/mol. The summed E-state index contributed by atoms with van der Waals surface area (Å²) in [6.07, 6.45) is 8.66. The van der Waals surface area contributed by atoms with Gasteiger partial charge in [-0.3, -0.25) is 9.59 Å². The van der Waals surface area contributed by atoms with E-state index in [-0.39, 0.29) is 24.4 Å². The summed E-state index contributed by atoms with van der Waals surface area (Å²) in [6, 6.07) is 10.3. The van der Waals surface area contributed by atoms with Crippen LogP contribution in [0.5, 0.6) is 0 Å². The summed E-state index contributed by atoms with van der Waals surface area (Å²) in [5.74, 6) is 0.595. The topological polar surface area (TPSA) is 49.4 Å². The van der Waals surface area contributed by atoms with Crippen LogP contribution in [0.15, 0.2) is 30.3 Å². The molecule has 1 saturated heterocycles. The first kappa shape index (κ1) is 17.0. The van der Waals surface area contributed by atoms with Crippen molar-refractivity contribution in [2.45, 2.75) is 57.4 Å². The van der Waals surface area contributed by atoms with Gasteiger partial charge in [-0.1, -0.05) is 49.6 Å². The van der Waals surface area contributed by atoms with E-state index < -0.39 is 0 Å². The molecule has 2 fully saturated rings. The monoisotopic (exact) mass is 328 g/mol. The summed E-state index contributed by atoms with van der Waals surface area (Å²) in [6.45, 7) is 0.917. The van der Waals surface area contributed by atoms with Crippen molar-refractivity contribution in [3.63, 3.8) is 0 Å². The number of hydrogen-bond donors (Lipinski definition) is 1. The minimum absolute atomic E-state index is 0.0234. The van der Waals surface area contributed by atoms with Crippen molar-refractivity contribution in [3.05, 3.63) is 35.9 Å². The Hall–Kier alpha value is -1.84. The SMILES string of the molecule is O=C(CN1CCCCC1=O)NC(c1ccccc1)C1CCCCC1. The molecule has 24 heavy (non-hydrogen) atoms. The molecular formula is C20H28N2O2. The maximum atomic E-state index is 12.6. The Labute approximate surface area is 144 Å². The minimum atomic E-state index is -0.0234. The highest BCUT2D eigenvalue weighted by Gasteiger charge is 2.28. The lowest BCUT2D eigenvalue weighted by atomic mass is 9.81. The summed E-state index contributed by atoms with van der Waals surface area (Å²) in [5.41, 5.74) is 1.18. The van der Waals surface area contributed by atoms with Gasteiger partial charge in [-0.05, 0) is 37.2 Å². The van der Waals surface area contributed by atoms with E-state index in [0.717, 1.165) is 12.8 Å². The molecule has 1 atom stereocenters. The molecule has 1 heterocycles. The molecule has 1 saturated carbocycles. The zero-order chi connectivity index (χ0) is 16.8. The smallest absolute Gasteiger partial charge is 0.240 e. The van der Waals surface area contributed by atoms with Crippen molar-refractivity contribution in [2.24, 2.45) is 5.92 Å². The molecule has 1 aliphatic carbocycles. The van der Waals surface area contributed by atoms with E-state index >= 15 is 0 Å². The van der Waals surface area contributed by atoms with Gasteiger partial charge in [0.2, 0.25) is 11.8 Å². The Morgan fingerprint density at radius 3 is 2.54 bits per heavy atom. The molecule has 1 N–H and O–H groups in total. The normalized spacial score (nSPS) is 20.7. The Kier molecular flexibility index (Phi) is 5.89. The van der Waals surface area contributed by atoms with E-state index in [1.54, 1.807) is 4.90 Å². The number of carbonyl (C=O) groups is 2. The maximum Gasteiger partial charge on any atom is 0.240 e. The first-order valence-corrected chi connectivity index (χ1v) is 9.36. The van der Waals surface area contributed by atoms with E-state index in [0.29, 0.717) is 18.9 Å². The van der Waals surface area contributed by atoms with E-state index in [9.17, 15) is 9.59 Å². The lowest BCUT2D eigenvalue weighted by Gasteiger charge is -2.32. The second kappa shape index (κ2) is 8.32. The van der Waals surface area contributed by atoms with Crippen molar-refractivity contribution in [1.82, 2.24) is 10.2 Å². The summed E-state index contributed by atoms with van der Waals surface area (Å²) in [4.78, 5) is 26.2. The number of likely N-dealkylation sites (tertiary alicyclic amines) is 1. The van der Waals surface area contributed by atoms with Crippen LogP contribution in [0, 0.1) is 5.92 Å². The fraction of sp³-hybridized carbons (Fsp3) is 0.600. The number of nitrogens with one attached hydrogen (secondary N) is 1. The Morgan fingerprint density at radius 1 is 1.08 bits per heavy atom. The first-order valence-electron chi connectivity index (χ1n) is 9.36. The molecule has 4 heteroatoms. The van der Waals surface area contributed by atoms with Crippen LogP contribution in [0.1, 0.15) is 63.0 Å².